The zero-order valence-corrected chi connectivity index (χ0v) is 12.3. The lowest BCUT2D eigenvalue weighted by molar-refractivity contribution is 0.0946. The van der Waals surface area contributed by atoms with Gasteiger partial charge in [0, 0.05) is 0 Å². The molecule has 1 aromatic heterocycles. The summed E-state index contributed by atoms with van der Waals surface area (Å²) in [4.78, 5) is 12.6. The number of furan rings is 1. The summed E-state index contributed by atoms with van der Waals surface area (Å²) in [6.45, 7) is 2.76. The van der Waals surface area contributed by atoms with Crippen molar-refractivity contribution in [3.63, 3.8) is 0 Å². The van der Waals surface area contributed by atoms with E-state index in [9.17, 15) is 4.79 Å². The number of hydrogen-bond donors (Lipinski definition) is 1. The first-order chi connectivity index (χ1) is 10.8. The van der Waals surface area contributed by atoms with Gasteiger partial charge in [0.25, 0.3) is 5.91 Å². The lowest BCUT2D eigenvalue weighted by Crippen LogP contribution is -2.23. The normalized spacial score (nSPS) is 10.6. The largest absolute Gasteiger partial charge is 0.493 e. The zero-order chi connectivity index (χ0) is 15.4. The van der Waals surface area contributed by atoms with Crippen molar-refractivity contribution in [2.24, 2.45) is 0 Å². The van der Waals surface area contributed by atoms with Crippen LogP contribution in [0.15, 0.2) is 59.2 Å². The van der Waals surface area contributed by atoms with E-state index in [1.807, 2.05) is 49.4 Å². The number of nitrogens with one attached hydrogen (secondary N) is 1. The molecule has 1 heterocycles. The summed E-state index contributed by atoms with van der Waals surface area (Å²) in [5, 5.41) is 4.77. The van der Waals surface area contributed by atoms with E-state index >= 15 is 0 Å². The van der Waals surface area contributed by atoms with Crippen LogP contribution in [0, 0.1) is 0 Å². The molecule has 0 aliphatic carbocycles. The second kappa shape index (κ2) is 6.35. The van der Waals surface area contributed by atoms with Gasteiger partial charge in [-0.15, -0.1) is 0 Å². The molecule has 0 aliphatic heterocycles. The van der Waals surface area contributed by atoms with Crippen LogP contribution < -0.4 is 10.1 Å². The van der Waals surface area contributed by atoms with Crippen molar-refractivity contribution < 1.29 is 13.9 Å². The van der Waals surface area contributed by atoms with Gasteiger partial charge >= 0.3 is 0 Å². The number of benzene rings is 2. The molecule has 0 unspecified atom stereocenters. The molecule has 0 fully saturated rings. The fourth-order valence-corrected chi connectivity index (χ4v) is 2.43. The Hall–Kier alpha value is -2.75. The van der Waals surface area contributed by atoms with Gasteiger partial charge in [0.2, 0.25) is 0 Å². The Morgan fingerprint density at radius 1 is 1.14 bits per heavy atom. The van der Waals surface area contributed by atoms with E-state index in [4.69, 9.17) is 9.15 Å². The summed E-state index contributed by atoms with van der Waals surface area (Å²) < 4.78 is 10.9. The predicted molar refractivity (Wildman–Crippen MR) is 85.0 cm³/mol. The summed E-state index contributed by atoms with van der Waals surface area (Å²) in [5.41, 5.74) is 0.562. The minimum atomic E-state index is -0.170. The maximum absolute atomic E-state index is 12.6. The van der Waals surface area contributed by atoms with E-state index in [2.05, 4.69) is 5.32 Å². The Morgan fingerprint density at radius 2 is 2.00 bits per heavy atom. The maximum atomic E-state index is 12.6. The molecule has 4 nitrogen and oxygen atoms in total. The molecule has 0 radical (unpaired) electrons. The number of carbonyl (C=O) groups is 1. The molecule has 0 spiro atoms. The van der Waals surface area contributed by atoms with Crippen LogP contribution in [0.3, 0.4) is 0 Å². The highest BCUT2D eigenvalue weighted by Gasteiger charge is 2.16. The molecule has 3 rings (SSSR count). The third-order valence-corrected chi connectivity index (χ3v) is 3.42. The molecule has 0 atom stereocenters. The van der Waals surface area contributed by atoms with Crippen molar-refractivity contribution in [3.8, 4) is 5.75 Å². The summed E-state index contributed by atoms with van der Waals surface area (Å²) in [5.74, 6) is 1.14. The number of carbonyl (C=O) groups excluding carboxylic acids is 1. The summed E-state index contributed by atoms with van der Waals surface area (Å²) in [6.07, 6.45) is 1.59. The van der Waals surface area contributed by atoms with Crippen LogP contribution in [0.2, 0.25) is 0 Å². The van der Waals surface area contributed by atoms with Crippen LogP contribution >= 0.6 is 0 Å². The molecule has 0 bridgehead atoms. The third kappa shape index (κ3) is 2.81. The van der Waals surface area contributed by atoms with E-state index in [1.54, 1.807) is 12.3 Å². The van der Waals surface area contributed by atoms with E-state index < -0.39 is 0 Å². The molecule has 22 heavy (non-hydrogen) atoms. The van der Waals surface area contributed by atoms with Crippen molar-refractivity contribution >= 4 is 16.7 Å². The number of rotatable bonds is 5. The topological polar surface area (TPSA) is 51.5 Å². The summed E-state index contributed by atoms with van der Waals surface area (Å²) in [7, 11) is 0. The maximum Gasteiger partial charge on any atom is 0.256 e. The Labute approximate surface area is 128 Å². The highest BCUT2D eigenvalue weighted by Crippen LogP contribution is 2.28. The standard InChI is InChI=1S/C18H17NO3/c1-2-21-16-10-9-13-6-3-4-8-15(13)17(16)18(20)19-12-14-7-5-11-22-14/h3-11H,2,12H2,1H3,(H,19,20). The van der Waals surface area contributed by atoms with Gasteiger partial charge in [0.1, 0.15) is 11.5 Å². The first-order valence-corrected chi connectivity index (χ1v) is 7.24. The summed E-state index contributed by atoms with van der Waals surface area (Å²) >= 11 is 0. The highest BCUT2D eigenvalue weighted by atomic mass is 16.5. The SMILES string of the molecule is CCOc1ccc2ccccc2c1C(=O)NCc1ccco1. The fraction of sp³-hybridized carbons (Fsp3) is 0.167. The molecule has 1 amide bonds. The second-order valence-electron chi connectivity index (χ2n) is 4.85. The van der Waals surface area contributed by atoms with Crippen LogP contribution in [0.5, 0.6) is 5.75 Å². The van der Waals surface area contributed by atoms with Crippen LogP contribution in [0.25, 0.3) is 10.8 Å². The third-order valence-electron chi connectivity index (χ3n) is 3.42. The first-order valence-electron chi connectivity index (χ1n) is 7.24. The van der Waals surface area contributed by atoms with Gasteiger partial charge in [-0.1, -0.05) is 30.3 Å². The molecule has 0 aliphatic rings. The zero-order valence-electron chi connectivity index (χ0n) is 12.3. The molecule has 1 N–H and O–H groups in total. The van der Waals surface area contributed by atoms with Crippen molar-refractivity contribution in [3.05, 3.63) is 66.1 Å². The number of ether oxygens (including phenoxy) is 1. The minimum absolute atomic E-state index is 0.170. The number of fused-ring (bicyclic) bond motifs is 1. The predicted octanol–water partition coefficient (Wildman–Crippen LogP) is 3.76. The van der Waals surface area contributed by atoms with E-state index in [1.165, 1.54) is 0 Å². The molecule has 4 heteroatoms. The van der Waals surface area contributed by atoms with Crippen LogP contribution in [-0.2, 0) is 6.54 Å². The van der Waals surface area contributed by atoms with Gasteiger partial charge in [-0.3, -0.25) is 4.79 Å². The Kier molecular flexibility index (Phi) is 4.10. The van der Waals surface area contributed by atoms with E-state index in [0.717, 1.165) is 10.8 Å². The van der Waals surface area contributed by atoms with Crippen LogP contribution in [-0.4, -0.2) is 12.5 Å². The minimum Gasteiger partial charge on any atom is -0.493 e. The van der Waals surface area contributed by atoms with Crippen molar-refractivity contribution in [1.82, 2.24) is 5.32 Å². The monoisotopic (exact) mass is 295 g/mol. The van der Waals surface area contributed by atoms with E-state index in [-0.39, 0.29) is 5.91 Å². The van der Waals surface area contributed by atoms with Crippen molar-refractivity contribution in [2.45, 2.75) is 13.5 Å². The lowest BCUT2D eigenvalue weighted by atomic mass is 10.0. The quantitative estimate of drug-likeness (QED) is 0.779. The molecule has 0 saturated heterocycles. The number of hydrogen-bond acceptors (Lipinski definition) is 3. The summed E-state index contributed by atoms with van der Waals surface area (Å²) in [6, 6.07) is 15.2. The molecule has 112 valence electrons. The molecule has 2 aromatic carbocycles. The molecular weight excluding hydrogens is 278 g/mol. The second-order valence-corrected chi connectivity index (χ2v) is 4.85. The van der Waals surface area contributed by atoms with E-state index in [0.29, 0.717) is 30.2 Å². The van der Waals surface area contributed by atoms with Crippen molar-refractivity contribution in [1.29, 1.82) is 0 Å². The fourth-order valence-electron chi connectivity index (χ4n) is 2.43. The molecule has 3 aromatic rings. The molecular formula is C18H17NO3. The average Bonchev–Trinajstić information content (AvgIpc) is 3.06. The Balaban J connectivity index is 1.95. The van der Waals surface area contributed by atoms with Crippen LogP contribution in [0.4, 0.5) is 0 Å². The van der Waals surface area contributed by atoms with Crippen molar-refractivity contribution in [2.75, 3.05) is 6.61 Å². The van der Waals surface area contributed by atoms with Gasteiger partial charge in [0.05, 0.1) is 25.0 Å². The lowest BCUT2D eigenvalue weighted by Gasteiger charge is -2.13. The average molecular weight is 295 g/mol. The first kappa shape index (κ1) is 14.2. The highest BCUT2D eigenvalue weighted by molar-refractivity contribution is 6.09. The molecule has 0 saturated carbocycles. The van der Waals surface area contributed by atoms with Gasteiger partial charge in [0.15, 0.2) is 0 Å². The Bertz CT molecular complexity index is 778. The van der Waals surface area contributed by atoms with Gasteiger partial charge in [-0.05, 0) is 35.9 Å². The van der Waals surface area contributed by atoms with Gasteiger partial charge in [-0.2, -0.15) is 0 Å². The smallest absolute Gasteiger partial charge is 0.256 e. The van der Waals surface area contributed by atoms with Gasteiger partial charge < -0.3 is 14.5 Å². The van der Waals surface area contributed by atoms with Crippen LogP contribution in [0.1, 0.15) is 23.0 Å². The van der Waals surface area contributed by atoms with Gasteiger partial charge in [-0.25, -0.2) is 0 Å². The number of amides is 1. The Morgan fingerprint density at radius 3 is 2.77 bits per heavy atom.